The minimum atomic E-state index is -0.570. The summed E-state index contributed by atoms with van der Waals surface area (Å²) in [6.45, 7) is 4.59. The number of hydrogen-bond donors (Lipinski definition) is 1. The second-order valence-corrected chi connectivity index (χ2v) is 6.26. The number of amides is 1. The van der Waals surface area contributed by atoms with Gasteiger partial charge in [-0.2, -0.15) is 0 Å². The largest absolute Gasteiger partial charge is 0.508 e. The number of nitrogens with zero attached hydrogens (tertiary/aromatic N) is 2. The zero-order valence-corrected chi connectivity index (χ0v) is 15.9. The van der Waals surface area contributed by atoms with Crippen molar-refractivity contribution < 1.29 is 19.4 Å². The molecule has 0 bridgehead atoms. The van der Waals surface area contributed by atoms with Gasteiger partial charge < -0.3 is 14.7 Å². The van der Waals surface area contributed by atoms with E-state index in [1.807, 2.05) is 32.0 Å². The fourth-order valence-corrected chi connectivity index (χ4v) is 3.00. The number of hydrogen-bond acceptors (Lipinski definition) is 5. The molecule has 28 heavy (non-hydrogen) atoms. The van der Waals surface area contributed by atoms with Crippen LogP contribution in [-0.2, 0) is 9.53 Å². The first kappa shape index (κ1) is 19.4. The van der Waals surface area contributed by atoms with Crippen LogP contribution in [-0.4, -0.2) is 46.6 Å². The van der Waals surface area contributed by atoms with Crippen LogP contribution in [0.15, 0.2) is 54.6 Å². The maximum atomic E-state index is 12.7. The van der Waals surface area contributed by atoms with Crippen LogP contribution < -0.4 is 0 Å². The van der Waals surface area contributed by atoms with Gasteiger partial charge in [-0.15, -0.1) is 0 Å². The fraction of sp³-hybridized carbons (Fsp3) is 0.227. The van der Waals surface area contributed by atoms with Gasteiger partial charge in [-0.05, 0) is 50.2 Å². The van der Waals surface area contributed by atoms with Gasteiger partial charge in [0.15, 0.2) is 6.61 Å². The molecule has 2 aromatic carbocycles. The second kappa shape index (κ2) is 8.52. The lowest BCUT2D eigenvalue weighted by Gasteiger charge is -2.18. The molecule has 0 radical (unpaired) electrons. The SMILES string of the molecule is CCN(CC)C(=O)COC(=O)c1cc(-c2ccc(O)cc2)nc2ccccc12. The van der Waals surface area contributed by atoms with E-state index in [4.69, 9.17) is 4.74 Å². The summed E-state index contributed by atoms with van der Waals surface area (Å²) in [7, 11) is 0. The van der Waals surface area contributed by atoms with Crippen LogP contribution in [0.25, 0.3) is 22.2 Å². The van der Waals surface area contributed by atoms with Crippen molar-refractivity contribution in [3.63, 3.8) is 0 Å². The van der Waals surface area contributed by atoms with Gasteiger partial charge in [0, 0.05) is 24.0 Å². The first-order chi connectivity index (χ1) is 13.5. The maximum Gasteiger partial charge on any atom is 0.339 e. The standard InChI is InChI=1S/C22H22N2O4/c1-3-24(4-2)21(26)14-28-22(27)18-13-20(15-9-11-16(25)12-10-15)23-19-8-6-5-7-17(18)19/h5-13,25H,3-4,14H2,1-2H3. The van der Waals surface area contributed by atoms with Crippen molar-refractivity contribution in [2.75, 3.05) is 19.7 Å². The van der Waals surface area contributed by atoms with Crippen molar-refractivity contribution in [2.45, 2.75) is 13.8 Å². The van der Waals surface area contributed by atoms with Crippen molar-refractivity contribution in [1.29, 1.82) is 0 Å². The van der Waals surface area contributed by atoms with Gasteiger partial charge in [-0.3, -0.25) is 4.79 Å². The van der Waals surface area contributed by atoms with Crippen LogP contribution in [0.2, 0.25) is 0 Å². The van der Waals surface area contributed by atoms with E-state index in [2.05, 4.69) is 4.98 Å². The quantitative estimate of drug-likeness (QED) is 0.663. The van der Waals surface area contributed by atoms with Crippen molar-refractivity contribution in [3.05, 3.63) is 60.2 Å². The Morgan fingerprint density at radius 2 is 1.71 bits per heavy atom. The monoisotopic (exact) mass is 378 g/mol. The number of likely N-dealkylation sites (N-methyl/N-ethyl adjacent to an activating group) is 1. The highest BCUT2D eigenvalue weighted by molar-refractivity contribution is 6.05. The smallest absolute Gasteiger partial charge is 0.339 e. The topological polar surface area (TPSA) is 79.7 Å². The Labute approximate surface area is 163 Å². The number of pyridine rings is 1. The molecule has 0 saturated carbocycles. The van der Waals surface area contributed by atoms with Crippen molar-refractivity contribution in [2.24, 2.45) is 0 Å². The molecule has 3 rings (SSSR count). The highest BCUT2D eigenvalue weighted by atomic mass is 16.5. The lowest BCUT2D eigenvalue weighted by molar-refractivity contribution is -0.134. The Bertz CT molecular complexity index is 995. The van der Waals surface area contributed by atoms with E-state index in [-0.39, 0.29) is 18.3 Å². The van der Waals surface area contributed by atoms with Gasteiger partial charge in [-0.1, -0.05) is 18.2 Å². The Kier molecular flexibility index (Phi) is 5.89. The molecule has 0 atom stereocenters. The summed E-state index contributed by atoms with van der Waals surface area (Å²) in [4.78, 5) is 31.1. The van der Waals surface area contributed by atoms with Gasteiger partial charge >= 0.3 is 5.97 Å². The Morgan fingerprint density at radius 3 is 2.39 bits per heavy atom. The van der Waals surface area contributed by atoms with Crippen molar-refractivity contribution in [3.8, 4) is 17.0 Å². The molecule has 0 fully saturated rings. The van der Waals surface area contributed by atoms with Crippen LogP contribution >= 0.6 is 0 Å². The average molecular weight is 378 g/mol. The number of fused-ring (bicyclic) bond motifs is 1. The number of rotatable bonds is 6. The summed E-state index contributed by atoms with van der Waals surface area (Å²) in [5.41, 5.74) is 2.34. The third kappa shape index (κ3) is 4.11. The summed E-state index contributed by atoms with van der Waals surface area (Å²) < 4.78 is 5.29. The molecular formula is C22H22N2O4. The fourth-order valence-electron chi connectivity index (χ4n) is 3.00. The summed E-state index contributed by atoms with van der Waals surface area (Å²) in [5, 5.41) is 10.2. The molecule has 1 aromatic heterocycles. The van der Waals surface area contributed by atoms with E-state index in [9.17, 15) is 14.7 Å². The summed E-state index contributed by atoms with van der Waals surface area (Å²) in [5.74, 6) is -0.645. The van der Waals surface area contributed by atoms with Gasteiger partial charge in [-0.25, -0.2) is 9.78 Å². The number of aromatic nitrogens is 1. The van der Waals surface area contributed by atoms with Crippen LogP contribution in [0, 0.1) is 0 Å². The Hall–Kier alpha value is -3.41. The number of carbonyl (C=O) groups excluding carboxylic acids is 2. The summed E-state index contributed by atoms with van der Waals surface area (Å²) >= 11 is 0. The van der Waals surface area contributed by atoms with E-state index in [1.165, 1.54) is 0 Å². The van der Waals surface area contributed by atoms with Crippen LogP contribution in [0.3, 0.4) is 0 Å². The molecule has 6 nitrogen and oxygen atoms in total. The third-order valence-corrected chi connectivity index (χ3v) is 4.54. The van der Waals surface area contributed by atoms with Gasteiger partial charge in [0.05, 0.1) is 16.8 Å². The number of aromatic hydroxyl groups is 1. The van der Waals surface area contributed by atoms with Crippen molar-refractivity contribution in [1.82, 2.24) is 9.88 Å². The number of ether oxygens (including phenoxy) is 1. The first-order valence-corrected chi connectivity index (χ1v) is 9.17. The predicted molar refractivity (Wildman–Crippen MR) is 107 cm³/mol. The van der Waals surface area contributed by atoms with Crippen molar-refractivity contribution >= 4 is 22.8 Å². The third-order valence-electron chi connectivity index (χ3n) is 4.54. The molecule has 0 saturated heterocycles. The molecule has 1 N–H and O–H groups in total. The molecule has 0 aliphatic carbocycles. The van der Waals surface area contributed by atoms with E-state index in [1.54, 1.807) is 41.3 Å². The van der Waals surface area contributed by atoms with Gasteiger partial charge in [0.2, 0.25) is 0 Å². The molecule has 0 aliphatic heterocycles. The lowest BCUT2D eigenvalue weighted by atomic mass is 10.0. The Morgan fingerprint density at radius 1 is 1.04 bits per heavy atom. The number of phenolic OH excluding ortho intramolecular Hbond substituents is 1. The molecule has 0 aliphatic rings. The maximum absolute atomic E-state index is 12.7. The van der Waals surface area contributed by atoms with Crippen LogP contribution in [0.1, 0.15) is 24.2 Å². The zero-order chi connectivity index (χ0) is 20.1. The van der Waals surface area contributed by atoms with Gasteiger partial charge in [0.25, 0.3) is 5.91 Å². The van der Waals surface area contributed by atoms with E-state index >= 15 is 0 Å². The van der Waals surface area contributed by atoms with E-state index in [0.717, 1.165) is 5.56 Å². The molecule has 1 amide bonds. The lowest BCUT2D eigenvalue weighted by Crippen LogP contribution is -2.34. The molecule has 144 valence electrons. The summed E-state index contributed by atoms with van der Waals surface area (Å²) in [6, 6.07) is 15.5. The normalized spacial score (nSPS) is 10.6. The highest BCUT2D eigenvalue weighted by Crippen LogP contribution is 2.26. The second-order valence-electron chi connectivity index (χ2n) is 6.26. The molecule has 6 heteroatoms. The number of para-hydroxylation sites is 1. The molecule has 0 unspecified atom stereocenters. The van der Waals surface area contributed by atoms with E-state index < -0.39 is 5.97 Å². The zero-order valence-electron chi connectivity index (χ0n) is 15.9. The molecule has 3 aromatic rings. The Balaban J connectivity index is 1.94. The molecule has 0 spiro atoms. The number of phenols is 1. The molecule has 1 heterocycles. The predicted octanol–water partition coefficient (Wildman–Crippen LogP) is 3.63. The number of esters is 1. The van der Waals surface area contributed by atoms with E-state index in [0.29, 0.717) is 35.2 Å². The first-order valence-electron chi connectivity index (χ1n) is 9.17. The summed E-state index contributed by atoms with van der Waals surface area (Å²) in [6.07, 6.45) is 0. The minimum Gasteiger partial charge on any atom is -0.508 e. The van der Waals surface area contributed by atoms with Crippen LogP contribution in [0.4, 0.5) is 0 Å². The molecular weight excluding hydrogens is 356 g/mol. The minimum absolute atomic E-state index is 0.152. The van der Waals surface area contributed by atoms with Crippen LogP contribution in [0.5, 0.6) is 5.75 Å². The average Bonchev–Trinajstić information content (AvgIpc) is 2.72. The number of carbonyl (C=O) groups is 2. The highest BCUT2D eigenvalue weighted by Gasteiger charge is 2.18. The number of benzene rings is 2. The van der Waals surface area contributed by atoms with Gasteiger partial charge in [0.1, 0.15) is 5.75 Å².